The van der Waals surface area contributed by atoms with E-state index in [1.165, 1.54) is 31.4 Å². The van der Waals surface area contributed by atoms with Crippen LogP contribution in [-0.4, -0.2) is 46.5 Å². The first kappa shape index (κ1) is 16.5. The van der Waals surface area contributed by atoms with Gasteiger partial charge in [-0.05, 0) is 24.3 Å². The molecule has 24 heavy (non-hydrogen) atoms. The van der Waals surface area contributed by atoms with Crippen LogP contribution in [0.15, 0.2) is 35.5 Å². The number of aliphatic carboxylic acids is 1. The minimum atomic E-state index is -3.97. The average Bonchev–Trinajstić information content (AvgIpc) is 2.94. The number of aromatic nitrogens is 2. The fourth-order valence-electron chi connectivity index (χ4n) is 2.79. The number of benzene rings is 1. The average molecular weight is 351 g/mol. The molecule has 0 saturated heterocycles. The third-order valence-electron chi connectivity index (χ3n) is 4.14. The zero-order chi connectivity index (χ0) is 17.5. The number of imidazole rings is 1. The molecular weight excluding hydrogens is 334 g/mol. The molecule has 9 heteroatoms. The highest BCUT2D eigenvalue weighted by molar-refractivity contribution is 7.89. The topological polar surface area (TPSA) is 102 Å². The first-order valence-electron chi connectivity index (χ1n) is 7.22. The first-order valence-corrected chi connectivity index (χ1v) is 8.66. The highest BCUT2D eigenvalue weighted by Gasteiger charge is 2.41. The smallest absolute Gasteiger partial charge is 0.322 e. The third kappa shape index (κ3) is 2.65. The van der Waals surface area contributed by atoms with E-state index in [4.69, 9.17) is 4.74 Å². The highest BCUT2D eigenvalue weighted by atomic mass is 32.2. The van der Waals surface area contributed by atoms with Gasteiger partial charge in [0.1, 0.15) is 11.8 Å². The van der Waals surface area contributed by atoms with Gasteiger partial charge in [0.15, 0.2) is 0 Å². The fourth-order valence-corrected chi connectivity index (χ4v) is 4.33. The zero-order valence-corrected chi connectivity index (χ0v) is 14.0. The van der Waals surface area contributed by atoms with Crippen LogP contribution in [-0.2, 0) is 34.8 Å². The lowest BCUT2D eigenvalue weighted by molar-refractivity contribution is -0.141. The second-order valence-electron chi connectivity index (χ2n) is 5.53. The van der Waals surface area contributed by atoms with Crippen molar-refractivity contribution in [2.24, 2.45) is 7.05 Å². The number of carboxylic acid groups (broad SMARTS) is 1. The van der Waals surface area contributed by atoms with Gasteiger partial charge in [-0.15, -0.1) is 0 Å². The molecule has 3 rings (SSSR count). The molecule has 1 aliphatic rings. The van der Waals surface area contributed by atoms with Crippen molar-refractivity contribution in [3.63, 3.8) is 0 Å². The molecule has 128 valence electrons. The van der Waals surface area contributed by atoms with E-state index >= 15 is 0 Å². The third-order valence-corrected chi connectivity index (χ3v) is 6.01. The SMILES string of the molecule is COc1ccc(S(=O)(=O)N2Cc3ncn(C)c3C[C@@H]2C(=O)O)cc1. The van der Waals surface area contributed by atoms with E-state index < -0.39 is 22.0 Å². The molecule has 8 nitrogen and oxygen atoms in total. The Hall–Kier alpha value is -2.39. The Morgan fingerprint density at radius 1 is 1.33 bits per heavy atom. The molecule has 0 unspecified atom stereocenters. The summed E-state index contributed by atoms with van der Waals surface area (Å²) in [5.74, 6) is -0.659. The number of aryl methyl sites for hydroxylation is 1. The molecule has 2 aromatic rings. The maximum Gasteiger partial charge on any atom is 0.322 e. The number of sulfonamides is 1. The molecule has 0 amide bonds. The number of methoxy groups -OCH3 is 1. The van der Waals surface area contributed by atoms with Gasteiger partial charge in [-0.1, -0.05) is 0 Å². The molecular formula is C15H17N3O5S. The van der Waals surface area contributed by atoms with Crippen molar-refractivity contribution < 1.29 is 23.1 Å². The number of fused-ring (bicyclic) bond motifs is 1. The molecule has 0 aliphatic carbocycles. The van der Waals surface area contributed by atoms with Crippen LogP contribution in [0.1, 0.15) is 11.4 Å². The predicted molar refractivity (Wildman–Crippen MR) is 84.1 cm³/mol. The normalized spacial score (nSPS) is 18.2. The summed E-state index contributed by atoms with van der Waals surface area (Å²) in [5, 5.41) is 9.50. The Labute approximate surface area is 139 Å². The van der Waals surface area contributed by atoms with Crippen molar-refractivity contribution in [2.45, 2.75) is 23.9 Å². The van der Waals surface area contributed by atoms with E-state index in [2.05, 4.69) is 4.98 Å². The van der Waals surface area contributed by atoms with Crippen LogP contribution in [0.3, 0.4) is 0 Å². The van der Waals surface area contributed by atoms with Gasteiger partial charge < -0.3 is 14.4 Å². The summed E-state index contributed by atoms with van der Waals surface area (Å²) in [6.07, 6.45) is 1.64. The minimum absolute atomic E-state index is 0.0222. The number of carbonyl (C=O) groups is 1. The highest BCUT2D eigenvalue weighted by Crippen LogP contribution is 2.29. The van der Waals surface area contributed by atoms with E-state index in [1.54, 1.807) is 17.9 Å². The summed E-state index contributed by atoms with van der Waals surface area (Å²) in [4.78, 5) is 15.8. The summed E-state index contributed by atoms with van der Waals surface area (Å²) < 4.78 is 33.5. The lowest BCUT2D eigenvalue weighted by Crippen LogP contribution is -2.48. The zero-order valence-electron chi connectivity index (χ0n) is 13.2. The van der Waals surface area contributed by atoms with E-state index in [-0.39, 0.29) is 17.9 Å². The largest absolute Gasteiger partial charge is 0.497 e. The molecule has 2 heterocycles. The molecule has 1 aromatic carbocycles. The van der Waals surface area contributed by atoms with E-state index in [9.17, 15) is 18.3 Å². The van der Waals surface area contributed by atoms with Crippen molar-refractivity contribution >= 4 is 16.0 Å². The van der Waals surface area contributed by atoms with Crippen molar-refractivity contribution in [3.05, 3.63) is 42.0 Å². The van der Waals surface area contributed by atoms with Crippen molar-refractivity contribution in [3.8, 4) is 5.75 Å². The van der Waals surface area contributed by atoms with Gasteiger partial charge in [-0.2, -0.15) is 4.31 Å². The Bertz CT molecular complexity index is 873. The van der Waals surface area contributed by atoms with Crippen LogP contribution in [0, 0.1) is 0 Å². The van der Waals surface area contributed by atoms with Crippen LogP contribution < -0.4 is 4.74 Å². The monoisotopic (exact) mass is 351 g/mol. The van der Waals surface area contributed by atoms with Gasteiger partial charge in [0, 0.05) is 19.2 Å². The molecule has 1 atom stereocenters. The van der Waals surface area contributed by atoms with Crippen LogP contribution in [0.5, 0.6) is 5.75 Å². The number of ether oxygens (including phenoxy) is 1. The summed E-state index contributed by atoms with van der Waals surface area (Å²) in [6, 6.07) is 4.69. The van der Waals surface area contributed by atoms with E-state index in [1.807, 2.05) is 0 Å². The molecule has 1 aromatic heterocycles. The molecule has 0 saturated carbocycles. The summed E-state index contributed by atoms with van der Waals surface area (Å²) in [5.41, 5.74) is 1.32. The fraction of sp³-hybridized carbons (Fsp3) is 0.333. The Morgan fingerprint density at radius 2 is 2.00 bits per heavy atom. The quantitative estimate of drug-likeness (QED) is 0.867. The second kappa shape index (κ2) is 5.91. The van der Waals surface area contributed by atoms with Crippen LogP contribution in [0.4, 0.5) is 0 Å². The maximum absolute atomic E-state index is 12.9. The Morgan fingerprint density at radius 3 is 2.58 bits per heavy atom. The van der Waals surface area contributed by atoms with E-state index in [0.29, 0.717) is 11.4 Å². The van der Waals surface area contributed by atoms with Crippen LogP contribution in [0.2, 0.25) is 0 Å². The molecule has 0 spiro atoms. The van der Waals surface area contributed by atoms with Crippen LogP contribution >= 0.6 is 0 Å². The van der Waals surface area contributed by atoms with Gasteiger partial charge >= 0.3 is 5.97 Å². The number of carboxylic acids is 1. The number of hydrogen-bond donors (Lipinski definition) is 1. The molecule has 0 bridgehead atoms. The van der Waals surface area contributed by atoms with Gasteiger partial charge in [0.2, 0.25) is 10.0 Å². The molecule has 0 radical (unpaired) electrons. The number of nitrogens with zero attached hydrogens (tertiary/aromatic N) is 3. The van der Waals surface area contributed by atoms with Gasteiger partial charge in [-0.3, -0.25) is 4.79 Å². The second-order valence-corrected chi connectivity index (χ2v) is 7.42. The molecule has 1 N–H and O–H groups in total. The van der Waals surface area contributed by atoms with Crippen molar-refractivity contribution in [2.75, 3.05) is 7.11 Å². The number of rotatable bonds is 4. The van der Waals surface area contributed by atoms with Crippen LogP contribution in [0.25, 0.3) is 0 Å². The Kier molecular flexibility index (Phi) is 4.06. The van der Waals surface area contributed by atoms with Crippen molar-refractivity contribution in [1.82, 2.24) is 13.9 Å². The summed E-state index contributed by atoms with van der Waals surface area (Å²) in [7, 11) is -0.721. The molecule has 0 fully saturated rings. The van der Waals surface area contributed by atoms with Crippen molar-refractivity contribution in [1.29, 1.82) is 0 Å². The standard InChI is InChI=1S/C15H17N3O5S/c1-17-9-16-12-8-18(14(15(19)20)7-13(12)17)24(21,22)11-5-3-10(23-2)4-6-11/h3-6,9,14H,7-8H2,1-2H3,(H,19,20)/t14-/m1/s1. The summed E-state index contributed by atoms with van der Waals surface area (Å²) in [6.45, 7) is -0.0680. The number of hydrogen-bond acceptors (Lipinski definition) is 5. The maximum atomic E-state index is 12.9. The van der Waals surface area contributed by atoms with Gasteiger partial charge in [0.05, 0.1) is 30.6 Å². The summed E-state index contributed by atoms with van der Waals surface area (Å²) >= 11 is 0. The predicted octanol–water partition coefficient (Wildman–Crippen LogP) is 0.629. The minimum Gasteiger partial charge on any atom is -0.497 e. The lowest BCUT2D eigenvalue weighted by atomic mass is 10.1. The van der Waals surface area contributed by atoms with Gasteiger partial charge in [-0.25, -0.2) is 13.4 Å². The Balaban J connectivity index is 2.02. The van der Waals surface area contributed by atoms with Gasteiger partial charge in [0.25, 0.3) is 0 Å². The first-order chi connectivity index (χ1) is 11.3. The van der Waals surface area contributed by atoms with E-state index in [0.717, 1.165) is 10.00 Å². The molecule has 1 aliphatic heterocycles. The lowest BCUT2D eigenvalue weighted by Gasteiger charge is -2.31.